The van der Waals surface area contributed by atoms with Gasteiger partial charge in [0.2, 0.25) is 0 Å². The fourth-order valence-electron chi connectivity index (χ4n) is 2.35. The van der Waals surface area contributed by atoms with E-state index in [-0.39, 0.29) is 11.8 Å². The molecule has 19 heavy (non-hydrogen) atoms. The first-order valence-electron chi connectivity index (χ1n) is 6.86. The molecule has 1 aromatic carbocycles. The van der Waals surface area contributed by atoms with Gasteiger partial charge in [-0.15, -0.1) is 0 Å². The Kier molecular flexibility index (Phi) is 6.78. The maximum Gasteiger partial charge on any atom is 0.387 e. The van der Waals surface area contributed by atoms with Crippen LogP contribution in [0.25, 0.3) is 0 Å². The maximum atomic E-state index is 12.1. The average molecular weight is 271 g/mol. The van der Waals surface area contributed by atoms with Crippen LogP contribution in [-0.2, 0) is 0 Å². The fraction of sp³-hybridized carbons (Fsp3) is 0.600. The Hall–Kier alpha value is -1.16. The molecule has 2 nitrogen and oxygen atoms in total. The molecule has 1 rings (SSSR count). The molecule has 0 radical (unpaired) electrons. The minimum Gasteiger partial charge on any atom is -0.435 e. The van der Waals surface area contributed by atoms with Crippen LogP contribution in [0, 0.1) is 5.92 Å². The second kappa shape index (κ2) is 8.10. The topological polar surface area (TPSA) is 21.3 Å². The molecule has 0 aromatic heterocycles. The molecule has 4 heteroatoms. The summed E-state index contributed by atoms with van der Waals surface area (Å²) in [7, 11) is 0. The summed E-state index contributed by atoms with van der Waals surface area (Å²) >= 11 is 0. The van der Waals surface area contributed by atoms with Crippen LogP contribution in [0.2, 0.25) is 0 Å². The van der Waals surface area contributed by atoms with Gasteiger partial charge in [0.15, 0.2) is 0 Å². The Labute approximate surface area is 114 Å². The van der Waals surface area contributed by atoms with E-state index >= 15 is 0 Å². The lowest BCUT2D eigenvalue weighted by molar-refractivity contribution is -0.0498. The van der Waals surface area contributed by atoms with Crippen LogP contribution in [-0.4, -0.2) is 13.2 Å². The quantitative estimate of drug-likeness (QED) is 0.758. The number of hydrogen-bond acceptors (Lipinski definition) is 2. The van der Waals surface area contributed by atoms with Gasteiger partial charge in [-0.05, 0) is 36.6 Å². The van der Waals surface area contributed by atoms with Gasteiger partial charge < -0.3 is 10.1 Å². The van der Waals surface area contributed by atoms with Crippen molar-refractivity contribution in [3.8, 4) is 5.75 Å². The van der Waals surface area contributed by atoms with Crippen LogP contribution in [0.3, 0.4) is 0 Å². The second-order valence-corrected chi connectivity index (χ2v) is 4.75. The van der Waals surface area contributed by atoms with Crippen molar-refractivity contribution >= 4 is 0 Å². The Balaban J connectivity index is 2.78. The number of alkyl halides is 2. The first kappa shape index (κ1) is 15.9. The SMILES string of the molecule is CCCC(C)C(NCC)c1ccc(OC(F)F)cc1. The van der Waals surface area contributed by atoms with Gasteiger partial charge in [0.1, 0.15) is 5.75 Å². The molecule has 0 aliphatic carbocycles. The summed E-state index contributed by atoms with van der Waals surface area (Å²) in [6.07, 6.45) is 2.27. The summed E-state index contributed by atoms with van der Waals surface area (Å²) in [6, 6.07) is 7.18. The Morgan fingerprint density at radius 1 is 1.16 bits per heavy atom. The van der Waals surface area contributed by atoms with Crippen molar-refractivity contribution in [3.63, 3.8) is 0 Å². The van der Waals surface area contributed by atoms with Crippen LogP contribution >= 0.6 is 0 Å². The van der Waals surface area contributed by atoms with E-state index in [0.717, 1.165) is 24.9 Å². The van der Waals surface area contributed by atoms with E-state index < -0.39 is 6.61 Å². The van der Waals surface area contributed by atoms with Crippen molar-refractivity contribution in [3.05, 3.63) is 29.8 Å². The third kappa shape index (κ3) is 5.15. The lowest BCUT2D eigenvalue weighted by Gasteiger charge is -2.25. The van der Waals surface area contributed by atoms with Gasteiger partial charge in [0, 0.05) is 6.04 Å². The summed E-state index contributed by atoms with van der Waals surface area (Å²) in [6.45, 7) is 4.56. The van der Waals surface area contributed by atoms with Crippen LogP contribution in [0.1, 0.15) is 45.2 Å². The molecule has 0 fully saturated rings. The highest BCUT2D eigenvalue weighted by Gasteiger charge is 2.17. The van der Waals surface area contributed by atoms with E-state index in [1.165, 1.54) is 0 Å². The molecule has 2 unspecified atom stereocenters. The first-order valence-corrected chi connectivity index (χ1v) is 6.86. The second-order valence-electron chi connectivity index (χ2n) is 4.75. The normalized spacial score (nSPS) is 14.4. The minimum absolute atomic E-state index is 0.206. The maximum absolute atomic E-state index is 12.1. The zero-order valence-corrected chi connectivity index (χ0v) is 11.8. The highest BCUT2D eigenvalue weighted by atomic mass is 19.3. The largest absolute Gasteiger partial charge is 0.435 e. The molecule has 1 N–H and O–H groups in total. The van der Waals surface area contributed by atoms with Gasteiger partial charge in [-0.3, -0.25) is 0 Å². The van der Waals surface area contributed by atoms with Crippen LogP contribution in [0.15, 0.2) is 24.3 Å². The van der Waals surface area contributed by atoms with Gasteiger partial charge >= 0.3 is 6.61 Å². The van der Waals surface area contributed by atoms with E-state index in [0.29, 0.717) is 5.92 Å². The average Bonchev–Trinajstić information content (AvgIpc) is 2.36. The van der Waals surface area contributed by atoms with Gasteiger partial charge in [0.05, 0.1) is 0 Å². The predicted octanol–water partition coefficient (Wildman–Crippen LogP) is 4.37. The molecule has 0 aliphatic heterocycles. The zero-order valence-electron chi connectivity index (χ0n) is 11.8. The van der Waals surface area contributed by atoms with Crippen LogP contribution < -0.4 is 10.1 Å². The molecule has 0 aliphatic rings. The number of ether oxygens (including phenoxy) is 1. The van der Waals surface area contributed by atoms with E-state index in [9.17, 15) is 8.78 Å². The first-order chi connectivity index (χ1) is 9.08. The van der Waals surface area contributed by atoms with Crippen molar-refractivity contribution < 1.29 is 13.5 Å². The third-order valence-corrected chi connectivity index (χ3v) is 3.20. The molecule has 0 spiro atoms. The van der Waals surface area contributed by atoms with Gasteiger partial charge in [-0.2, -0.15) is 8.78 Å². The molecular weight excluding hydrogens is 248 g/mol. The van der Waals surface area contributed by atoms with Crippen molar-refractivity contribution in [2.24, 2.45) is 5.92 Å². The lowest BCUT2D eigenvalue weighted by Crippen LogP contribution is -2.26. The van der Waals surface area contributed by atoms with E-state index in [4.69, 9.17) is 0 Å². The summed E-state index contributed by atoms with van der Waals surface area (Å²) in [5.74, 6) is 0.712. The monoisotopic (exact) mass is 271 g/mol. The smallest absolute Gasteiger partial charge is 0.387 e. The number of rotatable bonds is 8. The van der Waals surface area contributed by atoms with E-state index in [1.54, 1.807) is 12.1 Å². The lowest BCUT2D eigenvalue weighted by atomic mass is 9.91. The van der Waals surface area contributed by atoms with E-state index in [1.807, 2.05) is 12.1 Å². The molecule has 2 atom stereocenters. The number of halogens is 2. The fourth-order valence-corrected chi connectivity index (χ4v) is 2.35. The summed E-state index contributed by atoms with van der Waals surface area (Å²) in [5, 5.41) is 3.45. The summed E-state index contributed by atoms with van der Waals surface area (Å²) in [4.78, 5) is 0. The van der Waals surface area contributed by atoms with Crippen molar-refractivity contribution in [2.45, 2.75) is 46.3 Å². The molecule has 0 heterocycles. The zero-order chi connectivity index (χ0) is 14.3. The van der Waals surface area contributed by atoms with Gasteiger partial charge in [-0.25, -0.2) is 0 Å². The van der Waals surface area contributed by atoms with Crippen molar-refractivity contribution in [2.75, 3.05) is 6.54 Å². The Morgan fingerprint density at radius 2 is 1.79 bits per heavy atom. The predicted molar refractivity (Wildman–Crippen MR) is 73.6 cm³/mol. The number of hydrogen-bond donors (Lipinski definition) is 1. The summed E-state index contributed by atoms with van der Waals surface area (Å²) < 4.78 is 28.6. The molecule has 1 aromatic rings. The Bertz CT molecular complexity index is 354. The molecule has 0 saturated heterocycles. The van der Waals surface area contributed by atoms with E-state index in [2.05, 4.69) is 30.8 Å². The highest BCUT2D eigenvalue weighted by molar-refractivity contribution is 5.29. The van der Waals surface area contributed by atoms with Gasteiger partial charge in [-0.1, -0.05) is 39.3 Å². The molecular formula is C15H23F2NO. The van der Waals surface area contributed by atoms with Crippen LogP contribution in [0.5, 0.6) is 5.75 Å². The highest BCUT2D eigenvalue weighted by Crippen LogP contribution is 2.27. The standard InChI is InChI=1S/C15H23F2NO/c1-4-6-11(3)14(18-5-2)12-7-9-13(10-8-12)19-15(16)17/h7-11,14-15,18H,4-6H2,1-3H3. The summed E-state index contributed by atoms with van der Waals surface area (Å²) in [5.41, 5.74) is 1.12. The molecule has 0 saturated carbocycles. The van der Waals surface area contributed by atoms with Crippen molar-refractivity contribution in [1.82, 2.24) is 5.32 Å². The molecule has 0 amide bonds. The molecule has 108 valence electrons. The third-order valence-electron chi connectivity index (χ3n) is 3.20. The van der Waals surface area contributed by atoms with Crippen molar-refractivity contribution in [1.29, 1.82) is 0 Å². The van der Waals surface area contributed by atoms with Crippen LogP contribution in [0.4, 0.5) is 8.78 Å². The number of benzene rings is 1. The van der Waals surface area contributed by atoms with Gasteiger partial charge in [0.25, 0.3) is 0 Å². The Morgan fingerprint density at radius 3 is 2.26 bits per heavy atom. The minimum atomic E-state index is -2.77. The number of nitrogens with one attached hydrogen (secondary N) is 1. The molecule has 0 bridgehead atoms.